The molecule has 1 aliphatic carbocycles. The van der Waals surface area contributed by atoms with Crippen LogP contribution in [0.3, 0.4) is 0 Å². The summed E-state index contributed by atoms with van der Waals surface area (Å²) in [4.78, 5) is 24.5. The third kappa shape index (κ3) is 5.21. The van der Waals surface area contributed by atoms with Crippen LogP contribution >= 0.6 is 0 Å². The van der Waals surface area contributed by atoms with E-state index in [-0.39, 0.29) is 30.6 Å². The lowest BCUT2D eigenvalue weighted by atomic mass is 10.0. The average Bonchev–Trinajstić information content (AvgIpc) is 3.01. The second-order valence-electron chi connectivity index (χ2n) is 6.89. The molecule has 0 bridgehead atoms. The van der Waals surface area contributed by atoms with Crippen molar-refractivity contribution in [3.8, 4) is 11.5 Å². The molecule has 1 amide bonds. The first-order valence-corrected chi connectivity index (χ1v) is 9.44. The summed E-state index contributed by atoms with van der Waals surface area (Å²) >= 11 is 0. The van der Waals surface area contributed by atoms with Crippen molar-refractivity contribution in [3.63, 3.8) is 0 Å². The van der Waals surface area contributed by atoms with Crippen LogP contribution < -0.4 is 14.8 Å². The molecule has 2 aliphatic rings. The first-order valence-electron chi connectivity index (χ1n) is 9.44. The van der Waals surface area contributed by atoms with E-state index in [1.54, 1.807) is 18.2 Å². The van der Waals surface area contributed by atoms with E-state index in [1.165, 1.54) is 25.7 Å². The molecule has 0 radical (unpaired) electrons. The summed E-state index contributed by atoms with van der Waals surface area (Å²) in [5, 5.41) is 3.09. The van der Waals surface area contributed by atoms with Crippen LogP contribution in [0.25, 0.3) is 0 Å². The minimum atomic E-state index is -0.0355. The zero-order valence-corrected chi connectivity index (χ0v) is 14.7. The molecule has 0 unspecified atom stereocenters. The summed E-state index contributed by atoms with van der Waals surface area (Å²) in [5.74, 6) is 1.24. The number of Topliss-reactive ketones (excluding diaryl/α,β-unsaturated/α-hetero) is 1. The van der Waals surface area contributed by atoms with Crippen molar-refractivity contribution in [2.24, 2.45) is 0 Å². The highest BCUT2D eigenvalue weighted by molar-refractivity contribution is 5.98. The number of nitrogens with one attached hydrogen (secondary N) is 1. The van der Waals surface area contributed by atoms with Gasteiger partial charge in [-0.1, -0.05) is 25.7 Å². The second kappa shape index (κ2) is 8.88. The number of amides is 1. The van der Waals surface area contributed by atoms with Gasteiger partial charge in [0.1, 0.15) is 0 Å². The van der Waals surface area contributed by atoms with Crippen molar-refractivity contribution in [1.29, 1.82) is 0 Å². The highest BCUT2D eigenvalue weighted by Crippen LogP contribution is 2.30. The Morgan fingerprint density at radius 1 is 0.920 bits per heavy atom. The second-order valence-corrected chi connectivity index (χ2v) is 6.89. The van der Waals surface area contributed by atoms with E-state index >= 15 is 0 Å². The van der Waals surface area contributed by atoms with Crippen LogP contribution in [0, 0.1) is 0 Å². The maximum atomic E-state index is 12.4. The molecule has 3 rings (SSSR count). The average molecular weight is 345 g/mol. The summed E-state index contributed by atoms with van der Waals surface area (Å²) in [6.45, 7) is 1.22. The maximum absolute atomic E-state index is 12.4. The molecule has 5 nitrogen and oxygen atoms in total. The van der Waals surface area contributed by atoms with Gasteiger partial charge in [-0.05, 0) is 31.0 Å². The number of ketones is 1. The van der Waals surface area contributed by atoms with E-state index in [4.69, 9.17) is 9.47 Å². The van der Waals surface area contributed by atoms with Gasteiger partial charge in [-0.2, -0.15) is 0 Å². The molecule has 0 atom stereocenters. The summed E-state index contributed by atoms with van der Waals surface area (Å²) in [7, 11) is 0. The molecule has 0 saturated heterocycles. The first-order chi connectivity index (χ1) is 12.2. The Hall–Kier alpha value is -2.04. The zero-order valence-electron chi connectivity index (χ0n) is 14.7. The Bertz CT molecular complexity index is 606. The summed E-state index contributed by atoms with van der Waals surface area (Å²) < 4.78 is 11.2. The molecule has 5 heteroatoms. The summed E-state index contributed by atoms with van der Waals surface area (Å²) in [5.41, 5.74) is 0.575. The smallest absolute Gasteiger partial charge is 0.220 e. The van der Waals surface area contributed by atoms with E-state index in [0.717, 1.165) is 19.3 Å². The Balaban J connectivity index is 1.50. The third-order valence-corrected chi connectivity index (χ3v) is 4.87. The monoisotopic (exact) mass is 345 g/mol. The van der Waals surface area contributed by atoms with Crippen LogP contribution in [-0.2, 0) is 4.79 Å². The Kier molecular flexibility index (Phi) is 6.31. The SMILES string of the molecule is O=C(CCC(=O)c1ccc2c(c1)OCCCO2)NC1CCCCCC1. The van der Waals surface area contributed by atoms with Crippen LogP contribution in [0.5, 0.6) is 11.5 Å². The highest BCUT2D eigenvalue weighted by atomic mass is 16.5. The fourth-order valence-corrected chi connectivity index (χ4v) is 3.43. The largest absolute Gasteiger partial charge is 0.490 e. The number of carbonyl (C=O) groups excluding carboxylic acids is 2. The van der Waals surface area contributed by atoms with Crippen molar-refractivity contribution in [3.05, 3.63) is 23.8 Å². The normalized spacial score (nSPS) is 18.1. The van der Waals surface area contributed by atoms with Gasteiger partial charge >= 0.3 is 0 Å². The Morgan fingerprint density at radius 3 is 2.40 bits per heavy atom. The molecule has 1 fully saturated rings. The molecule has 136 valence electrons. The van der Waals surface area contributed by atoms with E-state index in [0.29, 0.717) is 30.3 Å². The van der Waals surface area contributed by atoms with Crippen molar-refractivity contribution in [2.45, 2.75) is 63.8 Å². The van der Waals surface area contributed by atoms with Crippen molar-refractivity contribution < 1.29 is 19.1 Å². The molecule has 1 heterocycles. The van der Waals surface area contributed by atoms with Gasteiger partial charge in [0.05, 0.1) is 13.2 Å². The van der Waals surface area contributed by atoms with Crippen LogP contribution in [0.15, 0.2) is 18.2 Å². The van der Waals surface area contributed by atoms with Gasteiger partial charge < -0.3 is 14.8 Å². The zero-order chi connectivity index (χ0) is 17.5. The molecule has 1 aromatic rings. The number of carbonyl (C=O) groups is 2. The molecular weight excluding hydrogens is 318 g/mol. The first kappa shape index (κ1) is 17.8. The molecule has 0 aromatic heterocycles. The molecule has 1 N–H and O–H groups in total. The minimum absolute atomic E-state index is 0.0189. The Labute approximate surface area is 149 Å². The van der Waals surface area contributed by atoms with Gasteiger partial charge in [0.15, 0.2) is 17.3 Å². The van der Waals surface area contributed by atoms with Gasteiger partial charge in [0.2, 0.25) is 5.91 Å². The van der Waals surface area contributed by atoms with Crippen LogP contribution in [0.4, 0.5) is 0 Å². The van der Waals surface area contributed by atoms with Gasteiger partial charge in [0.25, 0.3) is 0 Å². The molecule has 0 spiro atoms. The van der Waals surface area contributed by atoms with Crippen LogP contribution in [-0.4, -0.2) is 30.9 Å². The maximum Gasteiger partial charge on any atom is 0.220 e. The lowest BCUT2D eigenvalue weighted by molar-refractivity contribution is -0.121. The van der Waals surface area contributed by atoms with E-state index < -0.39 is 0 Å². The molecular formula is C20H27NO4. The van der Waals surface area contributed by atoms with Gasteiger partial charge in [-0.3, -0.25) is 9.59 Å². The number of hydrogen-bond acceptors (Lipinski definition) is 4. The van der Waals surface area contributed by atoms with Gasteiger partial charge in [0, 0.05) is 30.9 Å². The molecule has 1 aromatic carbocycles. The predicted molar refractivity (Wildman–Crippen MR) is 95.2 cm³/mol. The van der Waals surface area contributed by atoms with E-state index in [2.05, 4.69) is 5.32 Å². The standard InChI is InChI=1S/C20H27NO4/c22-17(9-11-20(23)21-16-6-3-1-2-4-7-16)15-8-10-18-19(14-15)25-13-5-12-24-18/h8,10,14,16H,1-7,9,11-13H2,(H,21,23). The quantitative estimate of drug-likeness (QED) is 0.653. The molecule has 25 heavy (non-hydrogen) atoms. The van der Waals surface area contributed by atoms with Crippen molar-refractivity contribution in [1.82, 2.24) is 5.32 Å². The predicted octanol–water partition coefficient (Wildman–Crippen LogP) is 3.65. The van der Waals surface area contributed by atoms with Crippen LogP contribution in [0.2, 0.25) is 0 Å². The topological polar surface area (TPSA) is 64.6 Å². The third-order valence-electron chi connectivity index (χ3n) is 4.87. The molecule has 1 aliphatic heterocycles. The number of benzene rings is 1. The molecule has 1 saturated carbocycles. The van der Waals surface area contributed by atoms with Crippen LogP contribution in [0.1, 0.15) is 68.1 Å². The fourth-order valence-electron chi connectivity index (χ4n) is 3.43. The van der Waals surface area contributed by atoms with E-state index in [1.807, 2.05) is 0 Å². The fraction of sp³-hybridized carbons (Fsp3) is 0.600. The number of fused-ring (bicyclic) bond motifs is 1. The highest BCUT2D eigenvalue weighted by Gasteiger charge is 2.17. The summed E-state index contributed by atoms with van der Waals surface area (Å²) in [6.07, 6.45) is 8.29. The Morgan fingerprint density at radius 2 is 1.64 bits per heavy atom. The number of ether oxygens (including phenoxy) is 2. The number of hydrogen-bond donors (Lipinski definition) is 1. The van der Waals surface area contributed by atoms with E-state index in [9.17, 15) is 9.59 Å². The minimum Gasteiger partial charge on any atom is -0.490 e. The van der Waals surface area contributed by atoms with Crippen molar-refractivity contribution >= 4 is 11.7 Å². The lowest BCUT2D eigenvalue weighted by Gasteiger charge is -2.16. The van der Waals surface area contributed by atoms with Crippen molar-refractivity contribution in [2.75, 3.05) is 13.2 Å². The lowest BCUT2D eigenvalue weighted by Crippen LogP contribution is -2.34. The number of rotatable bonds is 5. The van der Waals surface area contributed by atoms with Gasteiger partial charge in [-0.25, -0.2) is 0 Å². The summed E-state index contributed by atoms with van der Waals surface area (Å²) in [6, 6.07) is 5.54. The van der Waals surface area contributed by atoms with Gasteiger partial charge in [-0.15, -0.1) is 0 Å².